The summed E-state index contributed by atoms with van der Waals surface area (Å²) in [6.07, 6.45) is -0.805. The van der Waals surface area contributed by atoms with E-state index in [0.717, 1.165) is 22.3 Å². The Bertz CT molecular complexity index is 1670. The van der Waals surface area contributed by atoms with E-state index >= 15 is 0 Å². The second-order valence-electron chi connectivity index (χ2n) is 12.7. The molecule has 4 N–H and O–H groups in total. The number of amides is 4. The molecule has 0 saturated heterocycles. The zero-order valence-corrected chi connectivity index (χ0v) is 30.2. The van der Waals surface area contributed by atoms with Gasteiger partial charge in [0.15, 0.2) is 0 Å². The van der Waals surface area contributed by atoms with Gasteiger partial charge in [0.25, 0.3) is 0 Å². The molecule has 0 aliphatic heterocycles. The van der Waals surface area contributed by atoms with Crippen molar-refractivity contribution in [1.82, 2.24) is 21.3 Å². The molecular weight excluding hydrogens is 681 g/mol. The number of carbonyl (C=O) groups excluding carboxylic acids is 5. The quantitative estimate of drug-likeness (QED) is 0.0960. The molecule has 4 rings (SSSR count). The van der Waals surface area contributed by atoms with Crippen molar-refractivity contribution in [2.45, 2.75) is 43.8 Å². The van der Waals surface area contributed by atoms with Crippen molar-refractivity contribution in [2.75, 3.05) is 25.4 Å². The first-order valence-corrected chi connectivity index (χ1v) is 17.8. The smallest absolute Gasteiger partial charge is 0.408 e. The van der Waals surface area contributed by atoms with Gasteiger partial charge in [0.2, 0.25) is 17.7 Å². The fraction of sp³-hybridized carbons (Fsp3) is 0.275. The molecule has 0 aliphatic rings. The van der Waals surface area contributed by atoms with Gasteiger partial charge in [0.05, 0.1) is 17.8 Å². The van der Waals surface area contributed by atoms with Gasteiger partial charge in [-0.1, -0.05) is 121 Å². The Hall–Kier alpha value is -5.62. The van der Waals surface area contributed by atoms with Gasteiger partial charge in [0.1, 0.15) is 24.8 Å². The lowest BCUT2D eigenvalue weighted by Gasteiger charge is -2.36. The standard InChI is InChI=1S/C40H44N4O7S/c1-39(2,3)51-36(47)26-42-34(45)24-41-35(46)25-43-37(48)33(44-38(49)50-27-29-16-8-4-9-17-29)28-52-40(30-18-10-5-11-19-30,31-20-12-6-13-21-31)32-22-14-7-15-23-32/h4-23,33H,24-28H2,1-3H3,(H,41,46)(H,42,45)(H,43,48)(H,44,49)/t33-/m0/s1. The molecule has 0 radical (unpaired) electrons. The Labute approximate surface area is 308 Å². The van der Waals surface area contributed by atoms with Gasteiger partial charge in [-0.15, -0.1) is 11.8 Å². The van der Waals surface area contributed by atoms with Crippen LogP contribution < -0.4 is 21.3 Å². The van der Waals surface area contributed by atoms with Crippen molar-refractivity contribution >= 4 is 41.5 Å². The first kappa shape index (κ1) is 39.2. The van der Waals surface area contributed by atoms with Gasteiger partial charge in [-0.3, -0.25) is 19.2 Å². The zero-order valence-electron chi connectivity index (χ0n) is 29.4. The van der Waals surface area contributed by atoms with E-state index in [1.54, 1.807) is 20.8 Å². The van der Waals surface area contributed by atoms with Crippen molar-refractivity contribution in [3.8, 4) is 0 Å². The van der Waals surface area contributed by atoms with Crippen LogP contribution >= 0.6 is 11.8 Å². The highest BCUT2D eigenvalue weighted by Gasteiger charge is 2.38. The predicted molar refractivity (Wildman–Crippen MR) is 200 cm³/mol. The van der Waals surface area contributed by atoms with Crippen molar-refractivity contribution in [2.24, 2.45) is 0 Å². The van der Waals surface area contributed by atoms with Crippen LogP contribution in [0.15, 0.2) is 121 Å². The van der Waals surface area contributed by atoms with E-state index in [-0.39, 0.29) is 18.9 Å². The molecule has 52 heavy (non-hydrogen) atoms. The molecule has 0 aliphatic carbocycles. The summed E-state index contributed by atoms with van der Waals surface area (Å²) in [4.78, 5) is 63.5. The number of ether oxygens (including phenoxy) is 2. The summed E-state index contributed by atoms with van der Waals surface area (Å²) in [5, 5.41) is 10.1. The minimum Gasteiger partial charge on any atom is -0.459 e. The molecule has 0 aromatic heterocycles. The van der Waals surface area contributed by atoms with Gasteiger partial charge in [-0.2, -0.15) is 0 Å². The average molecular weight is 725 g/mol. The summed E-state index contributed by atoms with van der Waals surface area (Å²) >= 11 is 1.46. The van der Waals surface area contributed by atoms with Gasteiger partial charge < -0.3 is 30.7 Å². The molecule has 0 heterocycles. The highest BCUT2D eigenvalue weighted by molar-refractivity contribution is 8.00. The van der Waals surface area contributed by atoms with Crippen molar-refractivity contribution < 1.29 is 33.4 Å². The van der Waals surface area contributed by atoms with Crippen molar-refractivity contribution in [3.05, 3.63) is 144 Å². The highest BCUT2D eigenvalue weighted by atomic mass is 32.2. The summed E-state index contributed by atoms with van der Waals surface area (Å²) < 4.78 is 9.82. The van der Waals surface area contributed by atoms with Gasteiger partial charge in [0, 0.05) is 5.75 Å². The Kier molecular flexibility index (Phi) is 14.4. The molecule has 4 aromatic carbocycles. The number of benzene rings is 4. The molecule has 0 fully saturated rings. The van der Waals surface area contributed by atoms with Crippen LogP contribution in [0.4, 0.5) is 4.79 Å². The van der Waals surface area contributed by atoms with E-state index < -0.39 is 59.3 Å². The number of nitrogens with one attached hydrogen (secondary N) is 4. The number of carbonyl (C=O) groups is 5. The lowest BCUT2D eigenvalue weighted by Crippen LogP contribution is -2.51. The summed E-state index contributed by atoms with van der Waals surface area (Å²) in [5.41, 5.74) is 2.97. The predicted octanol–water partition coefficient (Wildman–Crippen LogP) is 4.70. The second kappa shape index (κ2) is 19.1. The van der Waals surface area contributed by atoms with Crippen LogP contribution in [0.25, 0.3) is 0 Å². The fourth-order valence-corrected chi connectivity index (χ4v) is 6.77. The number of hydrogen-bond donors (Lipinski definition) is 4. The van der Waals surface area contributed by atoms with E-state index in [0.29, 0.717) is 0 Å². The largest absolute Gasteiger partial charge is 0.459 e. The highest BCUT2D eigenvalue weighted by Crippen LogP contribution is 2.48. The fourth-order valence-electron chi connectivity index (χ4n) is 5.21. The topological polar surface area (TPSA) is 152 Å². The van der Waals surface area contributed by atoms with E-state index in [4.69, 9.17) is 9.47 Å². The molecule has 0 bridgehead atoms. The maximum Gasteiger partial charge on any atom is 0.408 e. The third-order valence-electron chi connectivity index (χ3n) is 7.55. The number of hydrogen-bond acceptors (Lipinski definition) is 8. The summed E-state index contributed by atoms with van der Waals surface area (Å²) in [6, 6.07) is 37.7. The lowest BCUT2D eigenvalue weighted by atomic mass is 9.84. The van der Waals surface area contributed by atoms with Crippen LogP contribution in [0.2, 0.25) is 0 Å². The van der Waals surface area contributed by atoms with E-state index in [9.17, 15) is 24.0 Å². The molecule has 11 nitrogen and oxygen atoms in total. The Morgan fingerprint density at radius 3 is 1.54 bits per heavy atom. The normalized spacial score (nSPS) is 11.8. The maximum atomic E-state index is 13.7. The second-order valence-corrected chi connectivity index (χ2v) is 13.9. The van der Waals surface area contributed by atoms with Crippen molar-refractivity contribution in [1.29, 1.82) is 0 Å². The van der Waals surface area contributed by atoms with Gasteiger partial charge in [-0.25, -0.2) is 4.79 Å². The minimum absolute atomic E-state index is 0.00542. The molecule has 4 amide bonds. The molecule has 272 valence electrons. The van der Waals surface area contributed by atoms with Crippen LogP contribution in [-0.2, 0) is 40.0 Å². The van der Waals surface area contributed by atoms with Crippen molar-refractivity contribution in [3.63, 3.8) is 0 Å². The number of esters is 1. The summed E-state index contributed by atoms with van der Waals surface area (Å²) in [5.74, 6) is -2.42. The number of thioether (sulfide) groups is 1. The first-order chi connectivity index (χ1) is 25.0. The van der Waals surface area contributed by atoms with Crippen LogP contribution in [0.1, 0.15) is 43.0 Å². The summed E-state index contributed by atoms with van der Waals surface area (Å²) in [7, 11) is 0. The Morgan fingerprint density at radius 1 is 0.615 bits per heavy atom. The molecule has 0 saturated carbocycles. The van der Waals surface area contributed by atoms with E-state index in [1.165, 1.54) is 11.8 Å². The van der Waals surface area contributed by atoms with Crippen LogP contribution in [0.3, 0.4) is 0 Å². The first-order valence-electron chi connectivity index (χ1n) is 16.8. The summed E-state index contributed by atoms with van der Waals surface area (Å²) in [6.45, 7) is 3.87. The number of alkyl carbamates (subject to hydrolysis) is 1. The SMILES string of the molecule is CC(C)(C)OC(=O)CNC(=O)CNC(=O)CNC(=O)[C@H](CSC(c1ccccc1)(c1ccccc1)c1ccccc1)NC(=O)OCc1ccccc1. The Balaban J connectivity index is 1.49. The van der Waals surface area contributed by atoms with Gasteiger partial charge in [-0.05, 0) is 43.0 Å². The maximum absolute atomic E-state index is 13.7. The molecular formula is C40H44N4O7S. The molecule has 1 atom stereocenters. The Morgan fingerprint density at radius 2 is 1.06 bits per heavy atom. The zero-order chi connectivity index (χ0) is 37.4. The van der Waals surface area contributed by atoms with E-state index in [2.05, 4.69) is 21.3 Å². The molecule has 4 aromatic rings. The lowest BCUT2D eigenvalue weighted by molar-refractivity contribution is -0.154. The van der Waals surface area contributed by atoms with E-state index in [1.807, 2.05) is 121 Å². The van der Waals surface area contributed by atoms with Crippen LogP contribution in [0, 0.1) is 0 Å². The number of rotatable bonds is 16. The molecule has 0 unspecified atom stereocenters. The molecule has 12 heteroatoms. The average Bonchev–Trinajstić information content (AvgIpc) is 3.15. The monoisotopic (exact) mass is 724 g/mol. The van der Waals surface area contributed by atoms with Crippen LogP contribution in [0.5, 0.6) is 0 Å². The third-order valence-corrected chi connectivity index (χ3v) is 9.19. The third kappa shape index (κ3) is 12.0. The van der Waals surface area contributed by atoms with Gasteiger partial charge >= 0.3 is 12.1 Å². The minimum atomic E-state index is -1.13. The van der Waals surface area contributed by atoms with Crippen LogP contribution in [-0.4, -0.2) is 66.8 Å². The molecule has 0 spiro atoms.